The Morgan fingerprint density at radius 1 is 1.00 bits per heavy atom. The van der Waals surface area contributed by atoms with Crippen molar-refractivity contribution >= 4 is 12.4 Å². The van der Waals surface area contributed by atoms with Crippen LogP contribution in [0.15, 0.2) is 0 Å². The van der Waals surface area contributed by atoms with E-state index in [-0.39, 0.29) is 12.4 Å². The topological polar surface area (TPSA) is 57.5 Å². The van der Waals surface area contributed by atoms with Crippen LogP contribution in [0, 0.1) is 0 Å². The third-order valence-electron chi connectivity index (χ3n) is 0. The fourth-order valence-electron chi connectivity index (χ4n) is 0. The van der Waals surface area contributed by atoms with E-state index in [1.165, 1.54) is 0 Å². The van der Waals surface area contributed by atoms with Crippen LogP contribution in [0.5, 0.6) is 0 Å². The predicted octanol–water partition coefficient (Wildman–Crippen LogP) is -0.483. The molecule has 0 amide bonds. The summed E-state index contributed by atoms with van der Waals surface area (Å²) in [7, 11) is 2.00. The van der Waals surface area contributed by atoms with Crippen molar-refractivity contribution in [1.82, 2.24) is 0 Å². The van der Waals surface area contributed by atoms with Crippen LogP contribution < -0.4 is 0 Å². The SMILES string of the molecule is CO.CO.Cl.[O]=[V]. The average molecular weight is 167 g/mol. The second-order valence-corrected chi connectivity index (χ2v) is 0. The summed E-state index contributed by atoms with van der Waals surface area (Å²) in [6.45, 7) is 0. The molecule has 0 unspecified atom stereocenters. The summed E-state index contributed by atoms with van der Waals surface area (Å²) < 4.78 is 8.19. The van der Waals surface area contributed by atoms with E-state index in [9.17, 15) is 0 Å². The van der Waals surface area contributed by atoms with E-state index in [1.54, 1.807) is 0 Å². The summed E-state index contributed by atoms with van der Waals surface area (Å²) in [4.78, 5) is 0. The molecule has 0 rings (SSSR count). The van der Waals surface area contributed by atoms with E-state index in [0.29, 0.717) is 0 Å². The maximum atomic E-state index is 8.19. The van der Waals surface area contributed by atoms with Crippen LogP contribution in [0.1, 0.15) is 0 Å². The normalized spacial score (nSPS) is 2.14. The van der Waals surface area contributed by atoms with Gasteiger partial charge in [0.2, 0.25) is 0 Å². The van der Waals surface area contributed by atoms with Gasteiger partial charge in [-0.1, -0.05) is 0 Å². The van der Waals surface area contributed by atoms with Gasteiger partial charge < -0.3 is 10.2 Å². The third-order valence-corrected chi connectivity index (χ3v) is 0. The van der Waals surface area contributed by atoms with Crippen molar-refractivity contribution in [1.29, 1.82) is 0 Å². The van der Waals surface area contributed by atoms with Crippen molar-refractivity contribution in [3.63, 3.8) is 0 Å². The van der Waals surface area contributed by atoms with E-state index in [1.807, 2.05) is 0 Å². The Balaban J connectivity index is -0.00000000900. The van der Waals surface area contributed by atoms with Crippen LogP contribution in [0.4, 0.5) is 0 Å². The quantitative estimate of drug-likeness (QED) is 0.512. The summed E-state index contributed by atoms with van der Waals surface area (Å²) in [5.41, 5.74) is 0. The van der Waals surface area contributed by atoms with Crippen LogP contribution >= 0.6 is 12.4 Å². The Kier molecular flexibility index (Phi) is 2130. The van der Waals surface area contributed by atoms with Gasteiger partial charge in [0.15, 0.2) is 0 Å². The van der Waals surface area contributed by atoms with Crippen molar-refractivity contribution in [3.8, 4) is 0 Å². The van der Waals surface area contributed by atoms with E-state index in [0.717, 1.165) is 31.6 Å². The second-order valence-electron chi connectivity index (χ2n) is 0. The zero-order valence-electron chi connectivity index (χ0n) is 4.16. The van der Waals surface area contributed by atoms with Crippen molar-refractivity contribution < 1.29 is 31.3 Å². The standard InChI is InChI=1S/2CH4O.ClH.O.V/c2*1-2;;;/h2*2H,1H3;1H;;. The van der Waals surface area contributed by atoms with Gasteiger partial charge in [-0.3, -0.25) is 0 Å². The number of aliphatic hydroxyl groups excluding tert-OH is 2. The zero-order valence-corrected chi connectivity index (χ0v) is 6.37. The fourth-order valence-corrected chi connectivity index (χ4v) is 0. The minimum absolute atomic E-state index is 0. The summed E-state index contributed by atoms with van der Waals surface area (Å²) >= 11 is 1.06. The average Bonchev–Trinajstić information content (AvgIpc) is 1.81. The van der Waals surface area contributed by atoms with Gasteiger partial charge in [0.05, 0.1) is 0 Å². The Bertz CT molecular complexity index is 12.9. The molecule has 5 heteroatoms. The Morgan fingerprint density at radius 3 is 1.00 bits per heavy atom. The minimum atomic E-state index is 0. The maximum absolute atomic E-state index is 8.19. The first-order valence-electron chi connectivity index (χ1n) is 1.08. The molecule has 0 radical (unpaired) electrons. The van der Waals surface area contributed by atoms with Crippen molar-refractivity contribution in [2.45, 2.75) is 0 Å². The molecule has 0 bridgehead atoms. The van der Waals surface area contributed by atoms with Crippen LogP contribution in [0.3, 0.4) is 0 Å². The number of hydrogen-bond acceptors (Lipinski definition) is 3. The number of aliphatic hydroxyl groups is 2. The molecule has 0 aliphatic carbocycles. The van der Waals surface area contributed by atoms with E-state index in [2.05, 4.69) is 0 Å². The Labute approximate surface area is 58.4 Å². The van der Waals surface area contributed by atoms with Crippen molar-refractivity contribution in [2.75, 3.05) is 14.2 Å². The molecule has 0 saturated carbocycles. The van der Waals surface area contributed by atoms with E-state index < -0.39 is 0 Å². The van der Waals surface area contributed by atoms with Crippen LogP contribution in [-0.2, 0) is 21.0 Å². The summed E-state index contributed by atoms with van der Waals surface area (Å²) in [5, 5.41) is 14.0. The molecule has 0 aromatic carbocycles. The Morgan fingerprint density at radius 2 is 1.00 bits per heavy atom. The first-order chi connectivity index (χ1) is 3.00. The number of hydrogen-bond donors (Lipinski definition) is 2. The molecule has 2 N–H and O–H groups in total. The first-order valence-corrected chi connectivity index (χ1v) is 1.65. The molecule has 3 nitrogen and oxygen atoms in total. The van der Waals surface area contributed by atoms with Gasteiger partial charge in [-0.15, -0.1) is 12.4 Å². The fraction of sp³-hybridized carbons (Fsp3) is 1.00. The molecule has 0 heterocycles. The first kappa shape index (κ1) is 25.6. The van der Waals surface area contributed by atoms with E-state index in [4.69, 9.17) is 13.9 Å². The van der Waals surface area contributed by atoms with E-state index >= 15 is 0 Å². The molecule has 47 valence electrons. The van der Waals surface area contributed by atoms with Gasteiger partial charge in [-0.25, -0.2) is 0 Å². The molecular weight excluding hydrogens is 158 g/mol. The van der Waals surface area contributed by atoms with Gasteiger partial charge in [-0.2, -0.15) is 0 Å². The molecule has 0 saturated heterocycles. The van der Waals surface area contributed by atoms with Gasteiger partial charge >= 0.3 is 21.0 Å². The van der Waals surface area contributed by atoms with Gasteiger partial charge in [-0.05, 0) is 0 Å². The van der Waals surface area contributed by atoms with Gasteiger partial charge in [0.25, 0.3) is 0 Å². The third kappa shape index (κ3) is 394. The predicted molar refractivity (Wildman–Crippen MR) is 24.2 cm³/mol. The molecule has 0 aliphatic rings. The van der Waals surface area contributed by atoms with Crippen LogP contribution in [0.25, 0.3) is 0 Å². The van der Waals surface area contributed by atoms with Gasteiger partial charge in [0.1, 0.15) is 0 Å². The van der Waals surface area contributed by atoms with Crippen LogP contribution in [0.2, 0.25) is 0 Å². The zero-order chi connectivity index (χ0) is 6.00. The molecule has 0 aromatic rings. The molecule has 0 aliphatic heterocycles. The summed E-state index contributed by atoms with van der Waals surface area (Å²) in [6, 6.07) is 0. The van der Waals surface area contributed by atoms with Crippen LogP contribution in [-0.4, -0.2) is 24.4 Å². The molecule has 7 heavy (non-hydrogen) atoms. The molecular formula is C2H9ClO3V. The summed E-state index contributed by atoms with van der Waals surface area (Å²) in [5.74, 6) is 0. The molecule has 0 fully saturated rings. The number of rotatable bonds is 0. The molecule has 0 aromatic heterocycles. The molecule has 0 spiro atoms. The molecule has 0 atom stereocenters. The van der Waals surface area contributed by atoms with Crippen molar-refractivity contribution in [2.24, 2.45) is 0 Å². The monoisotopic (exact) mass is 167 g/mol. The second kappa shape index (κ2) is 584. The number of halogens is 1. The Hall–Kier alpha value is 0.594. The van der Waals surface area contributed by atoms with Crippen molar-refractivity contribution in [3.05, 3.63) is 0 Å². The van der Waals surface area contributed by atoms with Gasteiger partial charge in [0, 0.05) is 14.2 Å². The summed E-state index contributed by atoms with van der Waals surface area (Å²) in [6.07, 6.45) is 0.